The van der Waals surface area contributed by atoms with Crippen LogP contribution in [0.1, 0.15) is 0 Å². The predicted molar refractivity (Wildman–Crippen MR) is 51.5 cm³/mol. The Morgan fingerprint density at radius 3 is 2.73 bits per heavy atom. The summed E-state index contributed by atoms with van der Waals surface area (Å²) >= 11 is 5.81. The minimum absolute atomic E-state index is 0.328. The Balaban J connectivity index is 2.71. The number of allylic oxidation sites excluding steroid dienone is 2. The van der Waals surface area contributed by atoms with Gasteiger partial charge in [-0.15, -0.1) is 0 Å². The third kappa shape index (κ3) is 3.43. The Morgan fingerprint density at radius 1 is 1.53 bits per heavy atom. The summed E-state index contributed by atoms with van der Waals surface area (Å²) in [5.74, 6) is 0. The molecule has 6 heteroatoms. The van der Waals surface area contributed by atoms with Gasteiger partial charge in [0.05, 0.1) is 12.2 Å². The molecule has 1 atom stereocenters. The van der Waals surface area contributed by atoms with Crippen molar-refractivity contribution in [2.24, 2.45) is 0 Å². The Morgan fingerprint density at radius 2 is 2.20 bits per heavy atom. The van der Waals surface area contributed by atoms with Crippen molar-refractivity contribution >= 4 is 11.6 Å². The monoisotopic (exact) mass is 241 g/mol. The Kier molecular flexibility index (Phi) is 4.04. The highest BCUT2D eigenvalue weighted by Gasteiger charge is 2.34. The predicted octanol–water partition coefficient (Wildman–Crippen LogP) is 2.52. The molecule has 1 rings (SSSR count). The number of ether oxygens (including phenoxy) is 1. The second-order valence-electron chi connectivity index (χ2n) is 3.04. The first kappa shape index (κ1) is 12.4. The molecule has 0 saturated carbocycles. The first-order chi connectivity index (χ1) is 6.95. The summed E-state index contributed by atoms with van der Waals surface area (Å²) in [5.41, 5.74) is -1.25. The van der Waals surface area contributed by atoms with Gasteiger partial charge in [0.1, 0.15) is 5.50 Å². The van der Waals surface area contributed by atoms with Crippen LogP contribution in [0.2, 0.25) is 0 Å². The van der Waals surface area contributed by atoms with Crippen LogP contribution in [0.15, 0.2) is 23.9 Å². The molecule has 0 radical (unpaired) electrons. The maximum absolute atomic E-state index is 12.3. The van der Waals surface area contributed by atoms with Crippen LogP contribution >= 0.6 is 11.6 Å². The summed E-state index contributed by atoms with van der Waals surface area (Å²) in [6.07, 6.45) is -1.03. The molecule has 0 N–H and O–H groups in total. The first-order valence-corrected chi connectivity index (χ1v) is 4.75. The molecule has 2 nitrogen and oxygen atoms in total. The summed E-state index contributed by atoms with van der Waals surface area (Å²) in [5, 5.41) is 0. The zero-order chi connectivity index (χ0) is 11.5. The van der Waals surface area contributed by atoms with E-state index in [1.165, 1.54) is 18.1 Å². The molecule has 0 aromatic rings. The van der Waals surface area contributed by atoms with Crippen molar-refractivity contribution in [2.45, 2.75) is 11.7 Å². The SMILES string of the molecule is COCCN1C=C(C(F)(F)F)C=CC1Cl. The van der Waals surface area contributed by atoms with E-state index in [0.29, 0.717) is 13.2 Å². The van der Waals surface area contributed by atoms with Crippen LogP contribution in [0.3, 0.4) is 0 Å². The third-order valence-corrected chi connectivity index (χ3v) is 2.33. The van der Waals surface area contributed by atoms with Gasteiger partial charge in [-0.2, -0.15) is 13.2 Å². The molecule has 0 aliphatic carbocycles. The summed E-state index contributed by atoms with van der Waals surface area (Å²) in [6.45, 7) is 0.660. The van der Waals surface area contributed by atoms with E-state index in [9.17, 15) is 13.2 Å². The van der Waals surface area contributed by atoms with Gasteiger partial charge >= 0.3 is 6.18 Å². The van der Waals surface area contributed by atoms with Crippen molar-refractivity contribution in [3.8, 4) is 0 Å². The summed E-state index contributed by atoms with van der Waals surface area (Å²) in [6, 6.07) is 0. The highest BCUT2D eigenvalue weighted by atomic mass is 35.5. The van der Waals surface area contributed by atoms with Gasteiger partial charge in [0.2, 0.25) is 0 Å². The highest BCUT2D eigenvalue weighted by Crippen LogP contribution is 2.30. The van der Waals surface area contributed by atoms with Crippen molar-refractivity contribution < 1.29 is 17.9 Å². The van der Waals surface area contributed by atoms with Crippen LogP contribution in [0.5, 0.6) is 0 Å². The van der Waals surface area contributed by atoms with Crippen LogP contribution < -0.4 is 0 Å². The second kappa shape index (κ2) is 4.90. The van der Waals surface area contributed by atoms with Gasteiger partial charge in [-0.25, -0.2) is 0 Å². The summed E-state index contributed by atoms with van der Waals surface area (Å²) < 4.78 is 41.8. The molecular formula is C9H11ClF3NO. The highest BCUT2D eigenvalue weighted by molar-refractivity contribution is 6.21. The Labute approximate surface area is 90.9 Å². The van der Waals surface area contributed by atoms with Gasteiger partial charge in [-0.1, -0.05) is 11.6 Å². The average Bonchev–Trinajstić information content (AvgIpc) is 2.15. The molecule has 1 aliphatic heterocycles. The zero-order valence-corrected chi connectivity index (χ0v) is 8.85. The lowest BCUT2D eigenvalue weighted by Crippen LogP contribution is -2.32. The molecule has 0 bridgehead atoms. The zero-order valence-electron chi connectivity index (χ0n) is 8.09. The van der Waals surface area contributed by atoms with Crippen molar-refractivity contribution in [1.29, 1.82) is 0 Å². The van der Waals surface area contributed by atoms with Gasteiger partial charge < -0.3 is 9.64 Å². The number of halogens is 4. The molecule has 86 valence electrons. The quantitative estimate of drug-likeness (QED) is 0.556. The van der Waals surface area contributed by atoms with Crippen molar-refractivity contribution in [2.75, 3.05) is 20.3 Å². The molecule has 15 heavy (non-hydrogen) atoms. The standard InChI is InChI=1S/C9H11ClF3NO/c1-15-5-4-14-6-7(9(11,12)13)2-3-8(14)10/h2-3,6,8H,4-5H2,1H3. The molecular weight excluding hydrogens is 231 g/mol. The third-order valence-electron chi connectivity index (χ3n) is 1.94. The summed E-state index contributed by atoms with van der Waals surface area (Å²) in [4.78, 5) is 1.38. The van der Waals surface area contributed by atoms with E-state index in [1.807, 2.05) is 0 Å². The van der Waals surface area contributed by atoms with Crippen molar-refractivity contribution in [3.05, 3.63) is 23.9 Å². The first-order valence-electron chi connectivity index (χ1n) is 4.31. The van der Waals surface area contributed by atoms with E-state index in [4.69, 9.17) is 16.3 Å². The van der Waals surface area contributed by atoms with Gasteiger partial charge in [0.25, 0.3) is 0 Å². The van der Waals surface area contributed by atoms with Crippen LogP contribution in [0.25, 0.3) is 0 Å². The van der Waals surface area contributed by atoms with E-state index >= 15 is 0 Å². The molecule has 0 spiro atoms. The summed E-state index contributed by atoms with van der Waals surface area (Å²) in [7, 11) is 1.48. The number of rotatable bonds is 3. The normalized spacial score (nSPS) is 21.8. The molecule has 0 aromatic carbocycles. The molecule has 0 saturated heterocycles. The molecule has 0 aromatic heterocycles. The van der Waals surface area contributed by atoms with E-state index in [0.717, 1.165) is 12.3 Å². The topological polar surface area (TPSA) is 12.5 Å². The van der Waals surface area contributed by atoms with Gasteiger partial charge in [0, 0.05) is 19.9 Å². The number of nitrogens with zero attached hydrogens (tertiary/aromatic N) is 1. The number of hydrogen-bond acceptors (Lipinski definition) is 2. The average molecular weight is 242 g/mol. The number of alkyl halides is 4. The molecule has 1 unspecified atom stereocenters. The van der Waals surface area contributed by atoms with E-state index < -0.39 is 17.3 Å². The van der Waals surface area contributed by atoms with E-state index in [-0.39, 0.29) is 0 Å². The van der Waals surface area contributed by atoms with Crippen molar-refractivity contribution in [3.63, 3.8) is 0 Å². The molecule has 1 heterocycles. The number of methoxy groups -OCH3 is 1. The lowest BCUT2D eigenvalue weighted by Gasteiger charge is -2.28. The Bertz CT molecular complexity index is 275. The lowest BCUT2D eigenvalue weighted by molar-refractivity contribution is -0.0897. The van der Waals surface area contributed by atoms with Crippen molar-refractivity contribution in [1.82, 2.24) is 4.90 Å². The molecule has 1 aliphatic rings. The van der Waals surface area contributed by atoms with Crippen LogP contribution in [-0.2, 0) is 4.74 Å². The maximum Gasteiger partial charge on any atom is 0.417 e. The molecule has 0 amide bonds. The smallest absolute Gasteiger partial charge is 0.383 e. The number of hydrogen-bond donors (Lipinski definition) is 0. The van der Waals surface area contributed by atoms with Crippen LogP contribution in [0, 0.1) is 0 Å². The van der Waals surface area contributed by atoms with Crippen LogP contribution in [-0.4, -0.2) is 36.8 Å². The fourth-order valence-corrected chi connectivity index (χ4v) is 1.37. The fourth-order valence-electron chi connectivity index (χ4n) is 1.14. The van der Waals surface area contributed by atoms with Gasteiger partial charge in [-0.05, 0) is 12.2 Å². The van der Waals surface area contributed by atoms with Crippen LogP contribution in [0.4, 0.5) is 13.2 Å². The largest absolute Gasteiger partial charge is 0.417 e. The molecule has 0 fully saturated rings. The van der Waals surface area contributed by atoms with E-state index in [1.54, 1.807) is 0 Å². The second-order valence-corrected chi connectivity index (χ2v) is 3.49. The lowest BCUT2D eigenvalue weighted by atomic mass is 10.2. The van der Waals surface area contributed by atoms with Gasteiger partial charge in [-0.3, -0.25) is 0 Å². The minimum Gasteiger partial charge on any atom is -0.383 e. The maximum atomic E-state index is 12.3. The Hall–Kier alpha value is -0.680. The fraction of sp³-hybridized carbons (Fsp3) is 0.556. The van der Waals surface area contributed by atoms with Gasteiger partial charge in [0.15, 0.2) is 0 Å². The van der Waals surface area contributed by atoms with E-state index in [2.05, 4.69) is 0 Å². The minimum atomic E-state index is -4.33.